The first-order valence-electron chi connectivity index (χ1n) is 7.04. The lowest BCUT2D eigenvalue weighted by atomic mass is 10.2. The Hall–Kier alpha value is -2.96. The largest absolute Gasteiger partial charge is 0.454 e. The lowest BCUT2D eigenvalue weighted by Crippen LogP contribution is -2.21. The third-order valence-corrected chi connectivity index (χ3v) is 3.62. The molecule has 27 heavy (non-hydrogen) atoms. The van der Waals surface area contributed by atoms with Crippen LogP contribution in [0.4, 0.5) is 18.9 Å². The van der Waals surface area contributed by atoms with Crippen molar-refractivity contribution in [1.82, 2.24) is 0 Å². The van der Waals surface area contributed by atoms with Crippen molar-refractivity contribution in [3.63, 3.8) is 0 Å². The zero-order valence-corrected chi connectivity index (χ0v) is 14.7. The molecule has 2 aromatic carbocycles. The van der Waals surface area contributed by atoms with Gasteiger partial charge < -0.3 is 10.5 Å². The summed E-state index contributed by atoms with van der Waals surface area (Å²) < 4.78 is 43.7. The summed E-state index contributed by atoms with van der Waals surface area (Å²) in [5.41, 5.74) is 6.86. The number of benzene rings is 2. The summed E-state index contributed by atoms with van der Waals surface area (Å²) in [5.74, 6) is -0.356. The van der Waals surface area contributed by atoms with E-state index in [1.165, 1.54) is 24.3 Å². The van der Waals surface area contributed by atoms with Gasteiger partial charge in [-0.2, -0.15) is 23.5 Å². The van der Waals surface area contributed by atoms with Crippen molar-refractivity contribution in [3.05, 3.63) is 52.0 Å². The van der Waals surface area contributed by atoms with E-state index in [9.17, 15) is 13.2 Å². The second-order valence-corrected chi connectivity index (χ2v) is 5.81. The van der Waals surface area contributed by atoms with Gasteiger partial charge in [0.25, 0.3) is 0 Å². The molecule has 0 aromatic heterocycles. The summed E-state index contributed by atoms with van der Waals surface area (Å²) in [5, 5.41) is 19.0. The van der Waals surface area contributed by atoms with E-state index >= 15 is 0 Å². The maximum absolute atomic E-state index is 12.7. The monoisotopic (exact) mass is 415 g/mol. The highest BCUT2D eigenvalue weighted by molar-refractivity contribution is 6.45. The number of ether oxygens (including phenoxy) is 1. The predicted octanol–water partition coefficient (Wildman–Crippen LogP) is 5.03. The van der Waals surface area contributed by atoms with Crippen molar-refractivity contribution < 1.29 is 17.9 Å². The number of hydrazone groups is 1. The first-order chi connectivity index (χ1) is 12.6. The number of nitrogens with two attached hydrogens (primary N) is 1. The van der Waals surface area contributed by atoms with E-state index in [1.54, 1.807) is 6.07 Å². The fourth-order valence-electron chi connectivity index (χ4n) is 1.80. The van der Waals surface area contributed by atoms with Crippen LogP contribution in [0.2, 0.25) is 10.0 Å². The number of rotatable bonds is 5. The summed E-state index contributed by atoms with van der Waals surface area (Å²) in [6.07, 6.45) is -4.58. The maximum atomic E-state index is 12.7. The van der Waals surface area contributed by atoms with E-state index in [0.717, 1.165) is 12.1 Å². The SMILES string of the molecule is N#C/C(=N\Nc1ccc(Oc2c(Cl)cc(C(F)(F)F)cc2Cl)cc1)C(=N)N. The molecule has 0 spiro atoms. The number of amidine groups is 1. The second-order valence-electron chi connectivity index (χ2n) is 4.99. The van der Waals surface area contributed by atoms with Crippen LogP contribution in [-0.2, 0) is 6.18 Å². The molecule has 0 aliphatic heterocycles. The Morgan fingerprint density at radius 1 is 1.19 bits per heavy atom. The van der Waals surface area contributed by atoms with Crippen molar-refractivity contribution in [3.8, 4) is 17.6 Å². The van der Waals surface area contributed by atoms with Crippen molar-refractivity contribution in [2.24, 2.45) is 10.8 Å². The van der Waals surface area contributed by atoms with Crippen LogP contribution in [0.1, 0.15) is 5.56 Å². The molecule has 0 aliphatic rings. The number of alkyl halides is 3. The molecule has 2 rings (SSSR count). The number of hydrogen-bond donors (Lipinski definition) is 3. The topological polar surface area (TPSA) is 107 Å². The Balaban J connectivity index is 2.18. The highest BCUT2D eigenvalue weighted by atomic mass is 35.5. The van der Waals surface area contributed by atoms with E-state index in [4.69, 9.17) is 44.3 Å². The van der Waals surface area contributed by atoms with Crippen LogP contribution >= 0.6 is 23.2 Å². The molecular weight excluding hydrogens is 406 g/mol. The quantitative estimate of drug-likeness (QED) is 0.361. The van der Waals surface area contributed by atoms with Gasteiger partial charge in [-0.05, 0) is 36.4 Å². The Morgan fingerprint density at radius 3 is 2.19 bits per heavy atom. The standard InChI is InChI=1S/C16H10Cl2F3N5O/c17-11-5-8(16(19,20)21)6-12(18)14(11)27-10-3-1-9(2-4-10)25-26-13(7-22)15(23)24/h1-6,25H,(H3,23,24)/b26-13+. The van der Waals surface area contributed by atoms with Crippen LogP contribution in [0.25, 0.3) is 0 Å². The van der Waals surface area contributed by atoms with Gasteiger partial charge in [0.15, 0.2) is 11.6 Å². The maximum Gasteiger partial charge on any atom is 0.416 e. The van der Waals surface area contributed by atoms with E-state index in [0.29, 0.717) is 5.69 Å². The normalized spacial score (nSPS) is 11.6. The van der Waals surface area contributed by atoms with Gasteiger partial charge in [0.1, 0.15) is 11.8 Å². The molecule has 0 radical (unpaired) electrons. The van der Waals surface area contributed by atoms with Crippen molar-refractivity contribution in [2.75, 3.05) is 5.43 Å². The summed E-state index contributed by atoms with van der Waals surface area (Å²) in [6.45, 7) is 0. The number of hydrogen-bond acceptors (Lipinski definition) is 5. The molecule has 6 nitrogen and oxygen atoms in total. The fourth-order valence-corrected chi connectivity index (χ4v) is 2.37. The summed E-state index contributed by atoms with van der Waals surface area (Å²) >= 11 is 11.7. The zero-order chi connectivity index (χ0) is 20.2. The molecule has 140 valence electrons. The molecule has 0 bridgehead atoms. The molecule has 0 fully saturated rings. The molecule has 2 aromatic rings. The molecule has 0 atom stereocenters. The molecule has 0 amide bonds. The predicted molar refractivity (Wildman–Crippen MR) is 96.6 cm³/mol. The van der Waals surface area contributed by atoms with Crippen LogP contribution in [0.15, 0.2) is 41.5 Å². The van der Waals surface area contributed by atoms with Gasteiger partial charge in [0, 0.05) is 0 Å². The van der Waals surface area contributed by atoms with Gasteiger partial charge in [-0.1, -0.05) is 23.2 Å². The van der Waals surface area contributed by atoms with Crippen LogP contribution in [0.3, 0.4) is 0 Å². The third-order valence-electron chi connectivity index (χ3n) is 3.06. The van der Waals surface area contributed by atoms with E-state index in [2.05, 4.69) is 10.5 Å². The lowest BCUT2D eigenvalue weighted by molar-refractivity contribution is -0.137. The van der Waals surface area contributed by atoms with Crippen LogP contribution in [0.5, 0.6) is 11.5 Å². The molecular formula is C16H10Cl2F3N5O. The number of halogens is 5. The molecule has 4 N–H and O–H groups in total. The minimum Gasteiger partial charge on any atom is -0.454 e. The Morgan fingerprint density at radius 2 is 1.74 bits per heavy atom. The van der Waals surface area contributed by atoms with Crippen LogP contribution in [0, 0.1) is 16.7 Å². The van der Waals surface area contributed by atoms with Crippen molar-refractivity contribution in [1.29, 1.82) is 10.7 Å². The summed E-state index contributed by atoms with van der Waals surface area (Å²) in [6, 6.07) is 9.06. The lowest BCUT2D eigenvalue weighted by Gasteiger charge is -2.13. The molecule has 11 heteroatoms. The number of nitrogens with zero attached hydrogens (tertiary/aromatic N) is 2. The highest BCUT2D eigenvalue weighted by Crippen LogP contribution is 2.41. The third kappa shape index (κ3) is 5.26. The average Bonchev–Trinajstić information content (AvgIpc) is 2.58. The first kappa shape index (κ1) is 20.4. The average molecular weight is 416 g/mol. The summed E-state index contributed by atoms with van der Waals surface area (Å²) in [7, 11) is 0. The number of nitriles is 1. The molecule has 0 heterocycles. The molecule has 0 saturated carbocycles. The van der Waals surface area contributed by atoms with Gasteiger partial charge in [-0.3, -0.25) is 10.8 Å². The number of anilines is 1. The van der Waals surface area contributed by atoms with Crippen molar-refractivity contribution >= 4 is 40.4 Å². The van der Waals surface area contributed by atoms with E-state index in [1.807, 2.05) is 0 Å². The highest BCUT2D eigenvalue weighted by Gasteiger charge is 2.32. The number of nitrogens with one attached hydrogen (secondary N) is 2. The van der Waals surface area contributed by atoms with Crippen LogP contribution in [-0.4, -0.2) is 11.5 Å². The van der Waals surface area contributed by atoms with Crippen LogP contribution < -0.4 is 15.9 Å². The van der Waals surface area contributed by atoms with Gasteiger partial charge in [-0.15, -0.1) is 0 Å². The first-order valence-corrected chi connectivity index (χ1v) is 7.79. The van der Waals surface area contributed by atoms with Gasteiger partial charge in [-0.25, -0.2) is 0 Å². The van der Waals surface area contributed by atoms with Gasteiger partial charge in [0.2, 0.25) is 5.71 Å². The van der Waals surface area contributed by atoms with E-state index in [-0.39, 0.29) is 27.3 Å². The molecule has 0 aliphatic carbocycles. The fraction of sp³-hybridized carbons (Fsp3) is 0.0625. The van der Waals surface area contributed by atoms with E-state index < -0.39 is 17.6 Å². The van der Waals surface area contributed by atoms with Gasteiger partial charge in [0.05, 0.1) is 21.3 Å². The minimum absolute atomic E-state index is 0.117. The Bertz CT molecular complexity index is 914. The smallest absolute Gasteiger partial charge is 0.416 e. The Kier molecular flexibility index (Phi) is 6.15. The van der Waals surface area contributed by atoms with Gasteiger partial charge >= 0.3 is 6.18 Å². The van der Waals surface area contributed by atoms with Crippen molar-refractivity contribution in [2.45, 2.75) is 6.18 Å². The molecule has 0 saturated heterocycles. The Labute approximate surface area is 161 Å². The zero-order valence-electron chi connectivity index (χ0n) is 13.2. The minimum atomic E-state index is -4.58. The second kappa shape index (κ2) is 8.16. The summed E-state index contributed by atoms with van der Waals surface area (Å²) in [4.78, 5) is 0. The molecule has 0 unspecified atom stereocenters.